The molecule has 12 nitrogen and oxygen atoms in total. The number of nitrogens with zero attached hydrogens (tertiary/aromatic N) is 5. The van der Waals surface area contributed by atoms with Gasteiger partial charge >= 0.3 is 0 Å². The lowest BCUT2D eigenvalue weighted by Crippen LogP contribution is -2.28. The third-order valence-corrected chi connectivity index (χ3v) is 7.01. The van der Waals surface area contributed by atoms with E-state index in [4.69, 9.17) is 21.6 Å². The van der Waals surface area contributed by atoms with Crippen LogP contribution in [0.5, 0.6) is 5.75 Å². The lowest BCUT2D eigenvalue weighted by Gasteiger charge is -2.18. The normalized spacial score (nSPS) is 15.6. The average molecular weight is 575 g/mol. The highest BCUT2D eigenvalue weighted by Crippen LogP contribution is 2.21. The Kier molecular flexibility index (Phi) is 14.0. The van der Waals surface area contributed by atoms with Crippen LogP contribution in [0.4, 0.5) is 5.82 Å². The Balaban J connectivity index is 0.000000273. The van der Waals surface area contributed by atoms with Crippen molar-refractivity contribution in [3.63, 3.8) is 0 Å². The van der Waals surface area contributed by atoms with E-state index >= 15 is 0 Å². The first-order valence-electron chi connectivity index (χ1n) is 12.1. The van der Waals surface area contributed by atoms with E-state index in [0.29, 0.717) is 11.9 Å². The van der Waals surface area contributed by atoms with Crippen molar-refractivity contribution in [1.82, 2.24) is 15.2 Å². The van der Waals surface area contributed by atoms with Gasteiger partial charge in [-0.05, 0) is 36.2 Å². The number of ether oxygens (including phenoxy) is 1. The number of pyridine rings is 1. The van der Waals surface area contributed by atoms with Crippen LogP contribution in [0.3, 0.4) is 0 Å². The number of nitrogens with two attached hydrogens (primary N) is 2. The monoisotopic (exact) mass is 574 g/mol. The SMILES string of the molecule is CN(C)C(=N)N=C(N)N.CN(CCOc1ccc(CC2CNCS2)cc1)c1ccccn1.O=C1CSC([O-])=N1. The number of hydrogen-bond donors (Lipinski definition) is 4. The standard InChI is InChI=1S/C18H23N3OS.C4H11N5.C3H3NO2S/c1-21(18-4-2-3-9-20-18)10-11-22-16-7-5-15(6-8-16)12-17-13-19-14-23-17;1-9(2)4(7)8-3(5)6;5-2-1-7-3(6)4-2/h2-9,17,19H,10-14H2,1H3;1-2H3,(H5,5,6,7,8);1H2,(H,4,5,6)/p-1. The number of amides is 1. The van der Waals surface area contributed by atoms with Gasteiger partial charge in [0.2, 0.25) is 5.96 Å². The Bertz CT molecular complexity index is 1090. The molecule has 1 fully saturated rings. The van der Waals surface area contributed by atoms with E-state index in [0.717, 1.165) is 48.7 Å². The maximum atomic E-state index is 10.0. The second kappa shape index (κ2) is 17.2. The first kappa shape index (κ1) is 31.7. The highest BCUT2D eigenvalue weighted by Gasteiger charge is 2.15. The summed E-state index contributed by atoms with van der Waals surface area (Å²) in [5.74, 6) is 2.86. The molecule has 1 unspecified atom stereocenters. The number of benzene rings is 1. The van der Waals surface area contributed by atoms with Crippen LogP contribution in [-0.4, -0.2) is 90.7 Å². The van der Waals surface area contributed by atoms with E-state index in [9.17, 15) is 9.90 Å². The molecule has 39 heavy (non-hydrogen) atoms. The Hall–Kier alpha value is -3.49. The summed E-state index contributed by atoms with van der Waals surface area (Å²) in [5, 5.41) is 20.8. The second-order valence-electron chi connectivity index (χ2n) is 8.51. The molecule has 1 atom stereocenters. The van der Waals surface area contributed by atoms with Gasteiger partial charge in [0.15, 0.2) is 5.96 Å². The van der Waals surface area contributed by atoms with Crippen LogP contribution in [0.1, 0.15) is 5.56 Å². The molecule has 2 aliphatic rings. The van der Waals surface area contributed by atoms with Crippen LogP contribution in [0.15, 0.2) is 58.6 Å². The molecule has 0 bridgehead atoms. The number of likely N-dealkylation sites (N-methyl/N-ethyl adjacent to an activating group) is 1. The summed E-state index contributed by atoms with van der Waals surface area (Å²) in [7, 11) is 5.41. The summed E-state index contributed by atoms with van der Waals surface area (Å²) < 4.78 is 5.84. The predicted octanol–water partition coefficient (Wildman–Crippen LogP) is 0.534. The molecule has 1 saturated heterocycles. The fourth-order valence-electron chi connectivity index (χ4n) is 3.08. The Morgan fingerprint density at radius 1 is 1.23 bits per heavy atom. The zero-order valence-corrected chi connectivity index (χ0v) is 24.0. The minimum absolute atomic E-state index is 0.0509. The van der Waals surface area contributed by atoms with E-state index in [1.807, 2.05) is 43.2 Å². The summed E-state index contributed by atoms with van der Waals surface area (Å²) in [6.07, 6.45) is 2.93. The molecule has 212 valence electrons. The van der Waals surface area contributed by atoms with Gasteiger partial charge in [-0.3, -0.25) is 10.2 Å². The third kappa shape index (κ3) is 13.2. The highest BCUT2D eigenvalue weighted by atomic mass is 32.2. The number of aromatic nitrogens is 1. The van der Waals surface area contributed by atoms with Gasteiger partial charge in [0.25, 0.3) is 5.91 Å². The summed E-state index contributed by atoms with van der Waals surface area (Å²) in [6.45, 7) is 2.57. The Morgan fingerprint density at radius 3 is 2.44 bits per heavy atom. The van der Waals surface area contributed by atoms with E-state index in [-0.39, 0.29) is 28.8 Å². The average Bonchev–Trinajstić information content (AvgIpc) is 3.56. The number of hydrogen-bond acceptors (Lipinski definition) is 9. The maximum Gasteiger partial charge on any atom is 0.255 e. The maximum absolute atomic E-state index is 10.0. The van der Waals surface area contributed by atoms with Gasteiger partial charge in [-0.15, -0.1) is 23.5 Å². The van der Waals surface area contributed by atoms with Crippen molar-refractivity contribution in [2.75, 3.05) is 57.4 Å². The molecule has 2 aliphatic heterocycles. The molecule has 0 aliphatic carbocycles. The van der Waals surface area contributed by atoms with Crippen LogP contribution in [0.25, 0.3) is 0 Å². The largest absolute Gasteiger partial charge is 0.854 e. The van der Waals surface area contributed by atoms with Gasteiger partial charge in [0.1, 0.15) is 18.2 Å². The van der Waals surface area contributed by atoms with Crippen LogP contribution < -0.4 is 31.5 Å². The van der Waals surface area contributed by atoms with Crippen molar-refractivity contribution in [3.05, 3.63) is 54.2 Å². The predicted molar refractivity (Wildman–Crippen MR) is 160 cm³/mol. The van der Waals surface area contributed by atoms with E-state index in [1.54, 1.807) is 14.1 Å². The number of nitrogens with one attached hydrogen (secondary N) is 2. The highest BCUT2D eigenvalue weighted by molar-refractivity contribution is 8.14. The number of carbonyl (C=O) groups is 1. The van der Waals surface area contributed by atoms with Crippen molar-refractivity contribution in [3.8, 4) is 5.75 Å². The van der Waals surface area contributed by atoms with Crippen molar-refractivity contribution in [2.45, 2.75) is 11.7 Å². The van der Waals surface area contributed by atoms with Gasteiger partial charge in [0, 0.05) is 50.2 Å². The number of thioether (sulfide) groups is 2. The number of anilines is 1. The molecule has 0 spiro atoms. The van der Waals surface area contributed by atoms with Crippen molar-refractivity contribution >= 4 is 52.4 Å². The van der Waals surface area contributed by atoms with Crippen molar-refractivity contribution < 1.29 is 14.6 Å². The molecule has 1 aromatic heterocycles. The van der Waals surface area contributed by atoms with Crippen LogP contribution in [0.2, 0.25) is 0 Å². The first-order chi connectivity index (χ1) is 18.6. The third-order valence-electron chi connectivity index (χ3n) is 5.11. The molecular formula is C25H36N9O3S2-. The van der Waals surface area contributed by atoms with Gasteiger partial charge in [-0.2, -0.15) is 4.99 Å². The minimum atomic E-state index is -0.356. The summed E-state index contributed by atoms with van der Waals surface area (Å²) in [5.41, 5.74) is 11.4. The van der Waals surface area contributed by atoms with E-state index in [1.165, 1.54) is 10.5 Å². The summed E-state index contributed by atoms with van der Waals surface area (Å²) in [4.78, 5) is 24.5. The fraction of sp³-hybridized carbons (Fsp3) is 0.400. The van der Waals surface area contributed by atoms with E-state index in [2.05, 4.69) is 49.5 Å². The molecule has 0 saturated carbocycles. The zero-order valence-electron chi connectivity index (χ0n) is 22.4. The van der Waals surface area contributed by atoms with Gasteiger partial charge in [-0.25, -0.2) is 9.98 Å². The number of aliphatic imine (C=N–C) groups is 2. The lowest BCUT2D eigenvalue weighted by atomic mass is 10.1. The lowest BCUT2D eigenvalue weighted by molar-refractivity contribution is -0.205. The van der Waals surface area contributed by atoms with Crippen LogP contribution in [0, 0.1) is 5.41 Å². The molecule has 14 heteroatoms. The minimum Gasteiger partial charge on any atom is -0.854 e. The molecular weight excluding hydrogens is 538 g/mol. The summed E-state index contributed by atoms with van der Waals surface area (Å²) >= 11 is 2.95. The smallest absolute Gasteiger partial charge is 0.255 e. The molecule has 1 aromatic carbocycles. The number of carbonyl (C=O) groups excluding carboxylic acids is 1. The first-order valence-corrected chi connectivity index (χ1v) is 14.1. The second-order valence-corrected chi connectivity index (χ2v) is 10.7. The number of guanidine groups is 2. The van der Waals surface area contributed by atoms with E-state index < -0.39 is 0 Å². The molecule has 3 heterocycles. The molecule has 4 rings (SSSR count). The summed E-state index contributed by atoms with van der Waals surface area (Å²) in [6, 6.07) is 14.4. The van der Waals surface area contributed by atoms with Crippen LogP contribution in [-0.2, 0) is 11.2 Å². The quantitative estimate of drug-likeness (QED) is 0.267. The van der Waals surface area contributed by atoms with Crippen LogP contribution >= 0.6 is 23.5 Å². The molecule has 6 N–H and O–H groups in total. The molecule has 1 amide bonds. The van der Waals surface area contributed by atoms with Gasteiger partial charge in [-0.1, -0.05) is 18.2 Å². The topological polar surface area (TPSA) is 181 Å². The zero-order chi connectivity index (χ0) is 28.6. The fourth-order valence-corrected chi connectivity index (χ4v) is 4.57. The van der Waals surface area contributed by atoms with Crippen molar-refractivity contribution in [2.24, 2.45) is 21.5 Å². The Labute approximate surface area is 237 Å². The molecule has 0 radical (unpaired) electrons. The Morgan fingerprint density at radius 2 is 1.97 bits per heavy atom. The van der Waals surface area contributed by atoms with Gasteiger partial charge in [0.05, 0.1) is 12.3 Å². The molecule has 2 aromatic rings. The number of rotatable bonds is 7. The van der Waals surface area contributed by atoms with Gasteiger partial charge < -0.3 is 36.4 Å². The van der Waals surface area contributed by atoms with Crippen molar-refractivity contribution in [1.29, 1.82) is 5.41 Å².